The zero-order valence-electron chi connectivity index (χ0n) is 12.5. The van der Waals surface area contributed by atoms with E-state index in [1.165, 1.54) is 12.8 Å². The molecule has 0 radical (unpaired) electrons. The highest BCUT2D eigenvalue weighted by Crippen LogP contribution is 2.29. The van der Waals surface area contributed by atoms with Gasteiger partial charge in [-0.1, -0.05) is 19.9 Å². The van der Waals surface area contributed by atoms with Crippen LogP contribution in [0.3, 0.4) is 0 Å². The predicted molar refractivity (Wildman–Crippen MR) is 80.0 cm³/mol. The van der Waals surface area contributed by atoms with Gasteiger partial charge < -0.3 is 15.7 Å². The number of carbonyl (C=O) groups is 1. The van der Waals surface area contributed by atoms with E-state index in [-0.39, 0.29) is 23.1 Å². The molecular formula is C16H24N2O2. The van der Waals surface area contributed by atoms with Crippen molar-refractivity contribution < 1.29 is 9.90 Å². The minimum absolute atomic E-state index is 0.124. The zero-order valence-corrected chi connectivity index (χ0v) is 12.5. The van der Waals surface area contributed by atoms with Crippen LogP contribution in [0.25, 0.3) is 0 Å². The number of benzene rings is 1. The fraction of sp³-hybridized carbons (Fsp3) is 0.562. The molecule has 110 valence electrons. The molecule has 1 aromatic carbocycles. The van der Waals surface area contributed by atoms with Gasteiger partial charge in [-0.15, -0.1) is 0 Å². The summed E-state index contributed by atoms with van der Waals surface area (Å²) in [5.41, 5.74) is 1.36. The number of amides is 1. The van der Waals surface area contributed by atoms with Crippen LogP contribution in [0.15, 0.2) is 18.2 Å². The number of phenolic OH excluding ortho intramolecular Hbond substituents is 1. The SMILES string of the molecule is Cc1c(O)cccc1C(=O)NCC1NCCCC1(C)C. The van der Waals surface area contributed by atoms with Crippen molar-refractivity contribution in [3.8, 4) is 5.75 Å². The van der Waals surface area contributed by atoms with Crippen molar-refractivity contribution in [2.75, 3.05) is 13.1 Å². The van der Waals surface area contributed by atoms with Gasteiger partial charge in [-0.3, -0.25) is 4.79 Å². The average Bonchev–Trinajstić information content (AvgIpc) is 2.40. The number of hydrogen-bond acceptors (Lipinski definition) is 3. The number of nitrogens with one attached hydrogen (secondary N) is 2. The Morgan fingerprint density at radius 2 is 2.25 bits per heavy atom. The van der Waals surface area contributed by atoms with Crippen LogP contribution in [-0.4, -0.2) is 30.1 Å². The Labute approximate surface area is 120 Å². The van der Waals surface area contributed by atoms with Crippen molar-refractivity contribution in [2.45, 2.75) is 39.7 Å². The van der Waals surface area contributed by atoms with Crippen LogP contribution in [-0.2, 0) is 0 Å². The number of rotatable bonds is 3. The molecule has 1 aromatic rings. The van der Waals surface area contributed by atoms with E-state index in [9.17, 15) is 9.90 Å². The summed E-state index contributed by atoms with van der Waals surface area (Å²) in [5, 5.41) is 16.1. The Bertz CT molecular complexity index is 497. The first kappa shape index (κ1) is 14.9. The van der Waals surface area contributed by atoms with Gasteiger partial charge in [0, 0.05) is 23.7 Å². The third-order valence-electron chi connectivity index (χ3n) is 4.35. The van der Waals surface area contributed by atoms with Gasteiger partial charge in [-0.25, -0.2) is 0 Å². The third kappa shape index (κ3) is 3.12. The monoisotopic (exact) mass is 276 g/mol. The largest absolute Gasteiger partial charge is 0.508 e. The van der Waals surface area contributed by atoms with Crippen LogP contribution in [0.2, 0.25) is 0 Å². The summed E-state index contributed by atoms with van der Waals surface area (Å²) in [7, 11) is 0. The van der Waals surface area contributed by atoms with Crippen molar-refractivity contribution in [3.05, 3.63) is 29.3 Å². The lowest BCUT2D eigenvalue weighted by atomic mass is 9.77. The molecule has 1 aliphatic rings. The molecule has 0 aromatic heterocycles. The molecule has 1 atom stereocenters. The third-order valence-corrected chi connectivity index (χ3v) is 4.35. The number of carbonyl (C=O) groups excluding carboxylic acids is 1. The van der Waals surface area contributed by atoms with E-state index in [0.29, 0.717) is 17.7 Å². The summed E-state index contributed by atoms with van der Waals surface area (Å²) in [4.78, 5) is 12.2. The van der Waals surface area contributed by atoms with Crippen LogP contribution in [0.4, 0.5) is 0 Å². The molecule has 1 heterocycles. The number of aromatic hydroxyl groups is 1. The van der Waals surface area contributed by atoms with E-state index >= 15 is 0 Å². The lowest BCUT2D eigenvalue weighted by molar-refractivity contribution is 0.0928. The summed E-state index contributed by atoms with van der Waals surface area (Å²) >= 11 is 0. The van der Waals surface area contributed by atoms with Crippen LogP contribution in [0.1, 0.15) is 42.6 Å². The van der Waals surface area contributed by atoms with Crippen LogP contribution >= 0.6 is 0 Å². The van der Waals surface area contributed by atoms with E-state index in [1.807, 2.05) is 0 Å². The normalized spacial score (nSPS) is 21.4. The van der Waals surface area contributed by atoms with E-state index in [4.69, 9.17) is 0 Å². The van der Waals surface area contributed by atoms with Gasteiger partial charge in [0.1, 0.15) is 5.75 Å². The summed E-state index contributed by atoms with van der Waals surface area (Å²) in [6.45, 7) is 7.84. The standard InChI is InChI=1S/C16H24N2O2/c1-11-12(6-4-7-13(11)19)15(20)18-10-14-16(2,3)8-5-9-17-14/h4,6-7,14,17,19H,5,8-10H2,1-3H3,(H,18,20). The van der Waals surface area contributed by atoms with Gasteiger partial charge >= 0.3 is 0 Å². The predicted octanol–water partition coefficient (Wildman–Crippen LogP) is 2.21. The second-order valence-corrected chi connectivity index (χ2v) is 6.26. The molecule has 20 heavy (non-hydrogen) atoms. The van der Waals surface area contributed by atoms with Crippen LogP contribution < -0.4 is 10.6 Å². The Balaban J connectivity index is 2.00. The van der Waals surface area contributed by atoms with Crippen molar-refractivity contribution in [1.29, 1.82) is 0 Å². The highest BCUT2D eigenvalue weighted by atomic mass is 16.3. The highest BCUT2D eigenvalue weighted by Gasteiger charge is 2.32. The number of phenols is 1. The molecular weight excluding hydrogens is 252 g/mol. The minimum Gasteiger partial charge on any atom is -0.508 e. The van der Waals surface area contributed by atoms with Crippen molar-refractivity contribution in [2.24, 2.45) is 5.41 Å². The molecule has 1 fully saturated rings. The Hall–Kier alpha value is -1.55. The summed E-state index contributed by atoms with van der Waals surface area (Å²) in [5.74, 6) is 0.0374. The highest BCUT2D eigenvalue weighted by molar-refractivity contribution is 5.96. The fourth-order valence-electron chi connectivity index (χ4n) is 2.78. The average molecular weight is 276 g/mol. The van der Waals surface area contributed by atoms with Gasteiger partial charge in [0.2, 0.25) is 0 Å². The van der Waals surface area contributed by atoms with Crippen molar-refractivity contribution >= 4 is 5.91 Å². The molecule has 0 spiro atoms. The Kier molecular flexibility index (Phi) is 4.33. The first-order chi connectivity index (χ1) is 9.42. The van der Waals surface area contributed by atoms with E-state index < -0.39 is 0 Å². The first-order valence-electron chi connectivity index (χ1n) is 7.22. The molecule has 0 bridgehead atoms. The first-order valence-corrected chi connectivity index (χ1v) is 7.22. The summed E-state index contributed by atoms with van der Waals surface area (Å²) < 4.78 is 0. The Morgan fingerprint density at radius 1 is 1.50 bits per heavy atom. The summed E-state index contributed by atoms with van der Waals surface area (Å²) in [6, 6.07) is 5.32. The number of hydrogen-bond donors (Lipinski definition) is 3. The maximum Gasteiger partial charge on any atom is 0.251 e. The molecule has 1 saturated heterocycles. The molecule has 1 aliphatic heterocycles. The van der Waals surface area contributed by atoms with Gasteiger partial charge in [0.05, 0.1) is 0 Å². The lowest BCUT2D eigenvalue weighted by Crippen LogP contribution is -2.52. The fourth-order valence-corrected chi connectivity index (χ4v) is 2.78. The number of piperidine rings is 1. The molecule has 4 nitrogen and oxygen atoms in total. The molecule has 2 rings (SSSR count). The van der Waals surface area contributed by atoms with Crippen LogP contribution in [0.5, 0.6) is 5.75 Å². The van der Waals surface area contributed by atoms with E-state index in [2.05, 4.69) is 24.5 Å². The van der Waals surface area contributed by atoms with Gasteiger partial charge in [-0.05, 0) is 43.9 Å². The molecule has 0 aliphatic carbocycles. The molecule has 0 saturated carbocycles. The summed E-state index contributed by atoms with van der Waals surface area (Å²) in [6.07, 6.45) is 2.36. The molecule has 4 heteroatoms. The second-order valence-electron chi connectivity index (χ2n) is 6.26. The van der Waals surface area contributed by atoms with Gasteiger partial charge in [0.25, 0.3) is 5.91 Å². The smallest absolute Gasteiger partial charge is 0.251 e. The molecule has 1 unspecified atom stereocenters. The van der Waals surface area contributed by atoms with E-state index in [1.54, 1.807) is 25.1 Å². The van der Waals surface area contributed by atoms with Gasteiger partial charge in [0.15, 0.2) is 0 Å². The maximum absolute atomic E-state index is 12.2. The topological polar surface area (TPSA) is 61.4 Å². The van der Waals surface area contributed by atoms with Crippen molar-refractivity contribution in [3.63, 3.8) is 0 Å². The van der Waals surface area contributed by atoms with E-state index in [0.717, 1.165) is 6.54 Å². The molecule has 1 amide bonds. The Morgan fingerprint density at radius 3 is 2.95 bits per heavy atom. The molecule has 3 N–H and O–H groups in total. The zero-order chi connectivity index (χ0) is 14.8. The second kappa shape index (κ2) is 5.83. The minimum atomic E-state index is -0.124. The van der Waals surface area contributed by atoms with Gasteiger partial charge in [-0.2, -0.15) is 0 Å². The maximum atomic E-state index is 12.2. The van der Waals surface area contributed by atoms with Crippen LogP contribution in [0, 0.1) is 12.3 Å². The quantitative estimate of drug-likeness (QED) is 0.793. The van der Waals surface area contributed by atoms with Crippen molar-refractivity contribution in [1.82, 2.24) is 10.6 Å². The lowest BCUT2D eigenvalue weighted by Gasteiger charge is -2.39.